The highest BCUT2D eigenvalue weighted by Crippen LogP contribution is 2.34. The Morgan fingerprint density at radius 2 is 1.92 bits per heavy atom. The molecule has 1 aliphatic rings. The second-order valence-corrected chi connectivity index (χ2v) is 11.0. The van der Waals surface area contributed by atoms with Crippen molar-refractivity contribution in [3.8, 4) is 0 Å². The Balaban J connectivity index is 2.02. The number of benzene rings is 1. The molecular formula is C16H17N3O4S3. The lowest BCUT2D eigenvalue weighted by Gasteiger charge is -2.23. The Kier molecular flexibility index (Phi) is 5.18. The van der Waals surface area contributed by atoms with Crippen LogP contribution in [-0.2, 0) is 19.9 Å². The molecule has 0 spiro atoms. The monoisotopic (exact) mass is 411 g/mol. The van der Waals surface area contributed by atoms with Gasteiger partial charge >= 0.3 is 0 Å². The smallest absolute Gasteiger partial charge is 0.243 e. The number of hydrogen-bond donors (Lipinski definition) is 1. The molecule has 0 bridgehead atoms. The first-order valence-corrected chi connectivity index (χ1v) is 11.6. The maximum absolute atomic E-state index is 12.9. The first-order valence-electron chi connectivity index (χ1n) is 7.85. The van der Waals surface area contributed by atoms with Crippen LogP contribution in [-0.4, -0.2) is 40.3 Å². The van der Waals surface area contributed by atoms with Gasteiger partial charge in [-0.3, -0.25) is 0 Å². The van der Waals surface area contributed by atoms with Crippen molar-refractivity contribution in [2.45, 2.75) is 32.9 Å². The minimum absolute atomic E-state index is 0.0130. The zero-order chi connectivity index (χ0) is 18.9. The van der Waals surface area contributed by atoms with E-state index in [1.807, 2.05) is 0 Å². The molecule has 1 aromatic heterocycles. The molecule has 2 heterocycles. The molecule has 0 saturated carbocycles. The summed E-state index contributed by atoms with van der Waals surface area (Å²) >= 11 is 0.859. The summed E-state index contributed by atoms with van der Waals surface area (Å²) in [5.74, 6) is 0. The van der Waals surface area contributed by atoms with Crippen molar-refractivity contribution >= 4 is 36.2 Å². The molecule has 1 fully saturated rings. The molecule has 2 N–H and O–H groups in total. The molecule has 26 heavy (non-hydrogen) atoms. The summed E-state index contributed by atoms with van der Waals surface area (Å²) in [6.45, 7) is 7.56. The largest absolute Gasteiger partial charge is 0.329 e. The third-order valence-corrected chi connectivity index (χ3v) is 9.43. The van der Waals surface area contributed by atoms with Crippen molar-refractivity contribution in [2.24, 2.45) is 5.73 Å². The molecule has 1 aromatic carbocycles. The van der Waals surface area contributed by atoms with Crippen LogP contribution >= 0.6 is 11.3 Å². The fraction of sp³-hybridized carbons (Fsp3) is 0.312. The molecule has 0 amide bonds. The molecular weight excluding hydrogens is 394 g/mol. The molecule has 2 aromatic rings. The third kappa shape index (κ3) is 3.28. The number of thiophene rings is 1. The average Bonchev–Trinajstić information content (AvgIpc) is 3.31. The molecule has 7 nitrogen and oxygen atoms in total. The second-order valence-electron chi connectivity index (χ2n) is 5.83. The predicted molar refractivity (Wildman–Crippen MR) is 98.4 cm³/mol. The Morgan fingerprint density at radius 1 is 1.19 bits per heavy atom. The number of nitrogens with two attached hydrogens (primary N) is 1. The Bertz CT molecular complexity index is 1070. The SMILES string of the molecule is [C-]#[N+]c1ccc(S(=O)(=O)c2cccc(S(=O)(=O)N3CCC[C@H]3CN)c2)s1. The average molecular weight is 412 g/mol. The van der Waals surface area contributed by atoms with Crippen LogP contribution in [0.15, 0.2) is 50.4 Å². The number of sulfone groups is 1. The third-order valence-electron chi connectivity index (χ3n) is 4.26. The van der Waals surface area contributed by atoms with Crippen molar-refractivity contribution < 1.29 is 16.8 Å². The summed E-state index contributed by atoms with van der Waals surface area (Å²) < 4.78 is 52.7. The van der Waals surface area contributed by atoms with Crippen LogP contribution < -0.4 is 5.73 Å². The topological polar surface area (TPSA) is 102 Å². The van der Waals surface area contributed by atoms with E-state index in [1.165, 1.54) is 40.7 Å². The maximum Gasteiger partial charge on any atom is 0.243 e. The van der Waals surface area contributed by atoms with Gasteiger partial charge in [-0.2, -0.15) is 4.31 Å². The van der Waals surface area contributed by atoms with E-state index in [0.717, 1.165) is 17.8 Å². The highest BCUT2D eigenvalue weighted by molar-refractivity contribution is 7.93. The summed E-state index contributed by atoms with van der Waals surface area (Å²) in [6.07, 6.45) is 1.43. The van der Waals surface area contributed by atoms with Gasteiger partial charge in [-0.25, -0.2) is 21.7 Å². The van der Waals surface area contributed by atoms with Crippen LogP contribution in [0.3, 0.4) is 0 Å². The fourth-order valence-electron chi connectivity index (χ4n) is 2.93. The van der Waals surface area contributed by atoms with Crippen molar-refractivity contribution in [2.75, 3.05) is 13.1 Å². The van der Waals surface area contributed by atoms with E-state index in [2.05, 4.69) is 4.85 Å². The van der Waals surface area contributed by atoms with Gasteiger partial charge < -0.3 is 5.73 Å². The number of hydrogen-bond acceptors (Lipinski definition) is 6. The lowest BCUT2D eigenvalue weighted by Crippen LogP contribution is -2.39. The zero-order valence-electron chi connectivity index (χ0n) is 13.7. The van der Waals surface area contributed by atoms with Crippen LogP contribution in [0.2, 0.25) is 0 Å². The van der Waals surface area contributed by atoms with Crippen molar-refractivity contribution in [1.82, 2.24) is 4.31 Å². The van der Waals surface area contributed by atoms with Crippen molar-refractivity contribution in [3.05, 3.63) is 47.8 Å². The Labute approximate surface area is 156 Å². The van der Waals surface area contributed by atoms with E-state index in [4.69, 9.17) is 12.3 Å². The van der Waals surface area contributed by atoms with E-state index >= 15 is 0 Å². The van der Waals surface area contributed by atoms with Crippen molar-refractivity contribution in [1.29, 1.82) is 0 Å². The van der Waals surface area contributed by atoms with E-state index < -0.39 is 19.9 Å². The van der Waals surface area contributed by atoms with Gasteiger partial charge in [0.15, 0.2) is 0 Å². The van der Waals surface area contributed by atoms with Gasteiger partial charge in [-0.05, 0) is 43.2 Å². The maximum atomic E-state index is 12.9. The first-order chi connectivity index (χ1) is 12.3. The predicted octanol–water partition coefficient (Wildman–Crippen LogP) is 2.24. The van der Waals surface area contributed by atoms with Gasteiger partial charge in [0.05, 0.1) is 16.4 Å². The molecule has 0 radical (unpaired) electrons. The Morgan fingerprint density at radius 3 is 2.58 bits per heavy atom. The molecule has 0 aliphatic carbocycles. The van der Waals surface area contributed by atoms with Gasteiger partial charge in [0, 0.05) is 19.1 Å². The lowest BCUT2D eigenvalue weighted by atomic mass is 10.2. The quantitative estimate of drug-likeness (QED) is 0.760. The first kappa shape index (κ1) is 19.0. The molecule has 1 saturated heterocycles. The van der Waals surface area contributed by atoms with Gasteiger partial charge in [-0.1, -0.05) is 6.07 Å². The molecule has 3 rings (SSSR count). The lowest BCUT2D eigenvalue weighted by molar-refractivity contribution is 0.393. The second kappa shape index (κ2) is 7.09. The van der Waals surface area contributed by atoms with Gasteiger partial charge in [0.1, 0.15) is 4.21 Å². The van der Waals surface area contributed by atoms with E-state index in [1.54, 1.807) is 0 Å². The van der Waals surface area contributed by atoms with E-state index in [0.29, 0.717) is 13.0 Å². The summed E-state index contributed by atoms with van der Waals surface area (Å²) in [7, 11) is -7.71. The van der Waals surface area contributed by atoms with E-state index in [9.17, 15) is 16.8 Å². The fourth-order valence-corrected chi connectivity index (χ4v) is 7.28. The number of sulfonamides is 1. The summed E-state index contributed by atoms with van der Waals surface area (Å²) in [6, 6.07) is 7.86. The Hall–Kier alpha value is -1.77. The highest BCUT2D eigenvalue weighted by Gasteiger charge is 2.35. The molecule has 1 atom stereocenters. The minimum Gasteiger partial charge on any atom is -0.329 e. The van der Waals surface area contributed by atoms with Crippen LogP contribution in [0, 0.1) is 6.57 Å². The summed E-state index contributed by atoms with van der Waals surface area (Å²) in [4.78, 5) is 3.04. The van der Waals surface area contributed by atoms with Gasteiger partial charge in [0.2, 0.25) is 24.9 Å². The summed E-state index contributed by atoms with van der Waals surface area (Å²) in [5, 5.41) is 0.259. The normalized spacial score (nSPS) is 18.7. The van der Waals surface area contributed by atoms with Crippen LogP contribution in [0.25, 0.3) is 4.85 Å². The molecule has 10 heteroatoms. The van der Waals surface area contributed by atoms with Crippen molar-refractivity contribution in [3.63, 3.8) is 0 Å². The number of nitrogens with zero attached hydrogens (tertiary/aromatic N) is 2. The van der Waals surface area contributed by atoms with Crippen LogP contribution in [0.4, 0.5) is 5.00 Å². The van der Waals surface area contributed by atoms with Gasteiger partial charge in [0.25, 0.3) is 0 Å². The molecule has 138 valence electrons. The highest BCUT2D eigenvalue weighted by atomic mass is 32.2. The van der Waals surface area contributed by atoms with Gasteiger partial charge in [-0.15, -0.1) is 11.3 Å². The summed E-state index contributed by atoms with van der Waals surface area (Å²) in [5.41, 5.74) is 5.66. The molecule has 0 unspecified atom stereocenters. The zero-order valence-corrected chi connectivity index (χ0v) is 16.1. The standard InChI is InChI=1S/C16H17N3O4S3/c1-18-15-7-8-16(24-15)25(20,21)13-5-2-6-14(10-13)26(22,23)19-9-3-4-12(19)11-17/h2,5-8,10,12H,3-4,9,11,17H2/t12-/m0/s1. The minimum atomic E-state index is -3.89. The van der Waals surface area contributed by atoms with Crippen LogP contribution in [0.5, 0.6) is 0 Å². The van der Waals surface area contributed by atoms with E-state index in [-0.39, 0.29) is 31.6 Å². The van der Waals surface area contributed by atoms with Crippen LogP contribution in [0.1, 0.15) is 12.8 Å². The number of rotatable bonds is 5. The molecule has 1 aliphatic heterocycles.